The zero-order valence-corrected chi connectivity index (χ0v) is 12.2. The quantitative estimate of drug-likeness (QED) is 0.827. The molecule has 2 rings (SSSR count). The molecule has 1 aliphatic rings. The Labute approximate surface area is 119 Å². The molecule has 1 amide bonds. The van der Waals surface area contributed by atoms with Gasteiger partial charge in [0.05, 0.1) is 18.7 Å². The summed E-state index contributed by atoms with van der Waals surface area (Å²) in [6, 6.07) is 3.43. The smallest absolute Gasteiger partial charge is 0.224 e. The van der Waals surface area contributed by atoms with E-state index in [0.29, 0.717) is 11.7 Å². The minimum absolute atomic E-state index is 0.0295. The fourth-order valence-electron chi connectivity index (χ4n) is 2.65. The number of furan rings is 1. The van der Waals surface area contributed by atoms with Gasteiger partial charge in [-0.1, -0.05) is 13.8 Å². The molecule has 0 radical (unpaired) electrons. The van der Waals surface area contributed by atoms with Crippen LogP contribution in [0.2, 0.25) is 0 Å². The van der Waals surface area contributed by atoms with Gasteiger partial charge in [0.25, 0.3) is 0 Å². The lowest BCUT2D eigenvalue weighted by atomic mass is 10.1. The van der Waals surface area contributed by atoms with Gasteiger partial charge in [-0.25, -0.2) is 0 Å². The van der Waals surface area contributed by atoms with Gasteiger partial charge >= 0.3 is 0 Å². The van der Waals surface area contributed by atoms with Gasteiger partial charge in [-0.3, -0.25) is 4.79 Å². The highest BCUT2D eigenvalue weighted by Crippen LogP contribution is 2.18. The number of nitrogens with zero attached hydrogens (tertiary/aromatic N) is 1. The van der Waals surface area contributed by atoms with E-state index >= 15 is 0 Å². The van der Waals surface area contributed by atoms with Crippen molar-refractivity contribution in [1.82, 2.24) is 10.2 Å². The largest absolute Gasteiger partial charge is 0.467 e. The van der Waals surface area contributed by atoms with Crippen molar-refractivity contribution in [2.75, 3.05) is 26.2 Å². The van der Waals surface area contributed by atoms with E-state index in [2.05, 4.69) is 24.1 Å². The Kier molecular flexibility index (Phi) is 5.20. The van der Waals surface area contributed by atoms with Crippen molar-refractivity contribution in [3.8, 4) is 0 Å². The summed E-state index contributed by atoms with van der Waals surface area (Å²) in [5.41, 5.74) is 0. The van der Waals surface area contributed by atoms with Crippen LogP contribution in [0.3, 0.4) is 0 Å². The summed E-state index contributed by atoms with van der Waals surface area (Å²) in [5.74, 6) is 1.18. The molecule has 1 aromatic rings. The molecule has 2 N–H and O–H groups in total. The van der Waals surface area contributed by atoms with E-state index in [1.165, 1.54) is 6.26 Å². The normalized spacial score (nSPS) is 21.3. The molecule has 1 aliphatic heterocycles. The first-order valence-electron chi connectivity index (χ1n) is 7.27. The van der Waals surface area contributed by atoms with Gasteiger partial charge in [0.2, 0.25) is 5.91 Å². The highest BCUT2D eigenvalue weighted by atomic mass is 16.4. The van der Waals surface area contributed by atoms with Crippen LogP contribution in [0.25, 0.3) is 0 Å². The van der Waals surface area contributed by atoms with Crippen LogP contribution in [-0.4, -0.2) is 42.1 Å². The molecule has 5 heteroatoms. The molecule has 2 atom stereocenters. The van der Waals surface area contributed by atoms with E-state index in [-0.39, 0.29) is 18.4 Å². The lowest BCUT2D eigenvalue weighted by Gasteiger charge is -2.18. The molecule has 112 valence electrons. The van der Waals surface area contributed by atoms with Crippen molar-refractivity contribution in [3.05, 3.63) is 24.2 Å². The topological polar surface area (TPSA) is 65.7 Å². The number of aliphatic hydroxyl groups excluding tert-OH is 1. The Bertz CT molecular complexity index is 417. The molecule has 2 heterocycles. The Hall–Kier alpha value is -1.33. The molecular formula is C15H24N2O3. The first kappa shape index (κ1) is 15.1. The Morgan fingerprint density at radius 1 is 1.60 bits per heavy atom. The van der Waals surface area contributed by atoms with Crippen molar-refractivity contribution < 1.29 is 14.3 Å². The maximum atomic E-state index is 12.1. The lowest BCUT2D eigenvalue weighted by molar-refractivity contribution is -0.125. The maximum absolute atomic E-state index is 12.1. The molecule has 0 aliphatic carbocycles. The Morgan fingerprint density at radius 3 is 3.05 bits per heavy atom. The number of carbonyl (C=O) groups is 1. The van der Waals surface area contributed by atoms with Gasteiger partial charge < -0.3 is 19.7 Å². The van der Waals surface area contributed by atoms with Crippen LogP contribution in [0.1, 0.15) is 32.1 Å². The summed E-state index contributed by atoms with van der Waals surface area (Å²) in [6.07, 6.45) is 1.64. The zero-order chi connectivity index (χ0) is 14.5. The number of aliphatic hydroxyl groups is 1. The highest BCUT2D eigenvalue weighted by Gasteiger charge is 2.28. The average Bonchev–Trinajstić information content (AvgIpc) is 3.05. The van der Waals surface area contributed by atoms with Crippen molar-refractivity contribution >= 4 is 5.91 Å². The van der Waals surface area contributed by atoms with Crippen molar-refractivity contribution in [1.29, 1.82) is 0 Å². The van der Waals surface area contributed by atoms with Gasteiger partial charge in [0.1, 0.15) is 11.9 Å². The van der Waals surface area contributed by atoms with Crippen molar-refractivity contribution in [2.24, 2.45) is 11.8 Å². The SMILES string of the molecule is CC(C)CN1CCC(C(=O)NCC(O)c2ccco2)C1. The summed E-state index contributed by atoms with van der Waals surface area (Å²) in [7, 11) is 0. The number of carbonyl (C=O) groups excluding carboxylic acids is 1. The monoisotopic (exact) mass is 280 g/mol. The van der Waals surface area contributed by atoms with E-state index in [1.807, 2.05) is 0 Å². The molecule has 0 aromatic carbocycles. The van der Waals surface area contributed by atoms with Crippen LogP contribution >= 0.6 is 0 Å². The second-order valence-electron chi connectivity index (χ2n) is 5.92. The highest BCUT2D eigenvalue weighted by molar-refractivity contribution is 5.79. The van der Waals surface area contributed by atoms with Crippen LogP contribution in [0.5, 0.6) is 0 Å². The van der Waals surface area contributed by atoms with Gasteiger partial charge in [0, 0.05) is 13.1 Å². The summed E-state index contributed by atoms with van der Waals surface area (Å²) < 4.78 is 5.10. The third-order valence-corrected chi connectivity index (χ3v) is 3.61. The number of nitrogens with one attached hydrogen (secondary N) is 1. The van der Waals surface area contributed by atoms with Gasteiger partial charge in [-0.2, -0.15) is 0 Å². The predicted octanol–water partition coefficient (Wildman–Crippen LogP) is 1.41. The second-order valence-corrected chi connectivity index (χ2v) is 5.92. The van der Waals surface area contributed by atoms with E-state index < -0.39 is 6.10 Å². The van der Waals surface area contributed by atoms with Crippen LogP contribution in [0.15, 0.2) is 22.8 Å². The summed E-state index contributed by atoms with van der Waals surface area (Å²) in [5, 5.41) is 12.7. The number of hydrogen-bond acceptors (Lipinski definition) is 4. The van der Waals surface area contributed by atoms with Gasteiger partial charge in [-0.15, -0.1) is 0 Å². The minimum Gasteiger partial charge on any atom is -0.467 e. The molecule has 2 unspecified atom stereocenters. The molecular weight excluding hydrogens is 256 g/mol. The average molecular weight is 280 g/mol. The molecule has 0 spiro atoms. The van der Waals surface area contributed by atoms with E-state index in [0.717, 1.165) is 26.1 Å². The number of likely N-dealkylation sites (tertiary alicyclic amines) is 1. The molecule has 20 heavy (non-hydrogen) atoms. The van der Waals surface area contributed by atoms with Crippen molar-refractivity contribution in [2.45, 2.75) is 26.4 Å². The summed E-state index contributed by atoms with van der Waals surface area (Å²) in [4.78, 5) is 14.4. The molecule has 1 aromatic heterocycles. The van der Waals surface area contributed by atoms with E-state index in [1.54, 1.807) is 12.1 Å². The van der Waals surface area contributed by atoms with E-state index in [9.17, 15) is 9.90 Å². The second kappa shape index (κ2) is 6.90. The zero-order valence-electron chi connectivity index (χ0n) is 12.2. The standard InChI is InChI=1S/C15H24N2O3/c1-11(2)9-17-6-5-12(10-17)15(19)16-8-13(18)14-4-3-7-20-14/h3-4,7,11-13,18H,5-6,8-10H2,1-2H3,(H,16,19). The fourth-order valence-corrected chi connectivity index (χ4v) is 2.65. The number of hydrogen-bond donors (Lipinski definition) is 2. The number of amides is 1. The van der Waals surface area contributed by atoms with Crippen LogP contribution in [-0.2, 0) is 4.79 Å². The summed E-state index contributed by atoms with van der Waals surface area (Å²) >= 11 is 0. The lowest BCUT2D eigenvalue weighted by Crippen LogP contribution is -2.35. The Morgan fingerprint density at radius 2 is 2.40 bits per heavy atom. The Balaban J connectivity index is 1.73. The fraction of sp³-hybridized carbons (Fsp3) is 0.667. The molecule has 1 saturated heterocycles. The third kappa shape index (κ3) is 4.08. The van der Waals surface area contributed by atoms with Crippen LogP contribution in [0.4, 0.5) is 0 Å². The first-order chi connectivity index (χ1) is 9.56. The summed E-state index contributed by atoms with van der Waals surface area (Å²) in [6.45, 7) is 7.42. The van der Waals surface area contributed by atoms with Gasteiger partial charge in [0.15, 0.2) is 0 Å². The molecule has 5 nitrogen and oxygen atoms in total. The molecule has 0 saturated carbocycles. The van der Waals surface area contributed by atoms with Crippen LogP contribution in [0, 0.1) is 11.8 Å². The van der Waals surface area contributed by atoms with Crippen LogP contribution < -0.4 is 5.32 Å². The van der Waals surface area contributed by atoms with Crippen molar-refractivity contribution in [3.63, 3.8) is 0 Å². The van der Waals surface area contributed by atoms with E-state index in [4.69, 9.17) is 4.42 Å². The predicted molar refractivity (Wildman–Crippen MR) is 76.1 cm³/mol. The first-order valence-corrected chi connectivity index (χ1v) is 7.27. The number of rotatable bonds is 6. The molecule has 1 fully saturated rings. The maximum Gasteiger partial charge on any atom is 0.224 e. The third-order valence-electron chi connectivity index (χ3n) is 3.61. The van der Waals surface area contributed by atoms with Gasteiger partial charge in [-0.05, 0) is 31.0 Å². The minimum atomic E-state index is -0.776. The molecule has 0 bridgehead atoms.